The van der Waals surface area contributed by atoms with Crippen LogP contribution in [0.15, 0.2) is 77.7 Å². The number of amidine groups is 1. The second-order valence-electron chi connectivity index (χ2n) is 8.37. The van der Waals surface area contributed by atoms with E-state index in [0.29, 0.717) is 6.42 Å². The number of allylic oxidation sites excluding steroid dienone is 4. The molecule has 1 aromatic carbocycles. The fraction of sp³-hybridized carbons (Fsp3) is 0.308. The number of piperidine rings is 1. The van der Waals surface area contributed by atoms with Gasteiger partial charge in [0.2, 0.25) is 0 Å². The molecule has 6 N–H and O–H groups in total. The largest absolute Gasteiger partial charge is 0.383 e. The van der Waals surface area contributed by atoms with Crippen molar-refractivity contribution >= 4 is 11.7 Å². The molecule has 1 aromatic heterocycles. The molecule has 0 saturated carbocycles. The highest BCUT2D eigenvalue weighted by Crippen LogP contribution is 2.27. The Bertz CT molecular complexity index is 1120. The number of hydrazone groups is 1. The molecule has 0 bridgehead atoms. The third-order valence-electron chi connectivity index (χ3n) is 5.91. The number of hydrogen-bond donors (Lipinski definition) is 3. The molecule has 2 heterocycles. The SMILES string of the molecule is C=C/C(F)=C(\C(F)=C/CC)N(N)/C(=N\N)c1cc(-c2ccc(CN3CCCCC3)cc2)cnc1N. The lowest BCUT2D eigenvalue weighted by molar-refractivity contribution is 0.221. The Labute approximate surface area is 205 Å². The Morgan fingerprint density at radius 1 is 1.17 bits per heavy atom. The molecule has 0 atom stereocenters. The van der Waals surface area contributed by atoms with Crippen LogP contribution in [0.2, 0.25) is 0 Å². The number of rotatable bonds is 8. The van der Waals surface area contributed by atoms with Crippen LogP contribution in [-0.4, -0.2) is 33.8 Å². The number of pyridine rings is 1. The number of nitrogen functional groups attached to an aromatic ring is 1. The molecule has 1 saturated heterocycles. The first-order valence-electron chi connectivity index (χ1n) is 11.7. The number of hydrazine groups is 1. The van der Waals surface area contributed by atoms with Crippen LogP contribution in [0.25, 0.3) is 11.1 Å². The first-order chi connectivity index (χ1) is 16.9. The molecule has 1 aliphatic heterocycles. The summed E-state index contributed by atoms with van der Waals surface area (Å²) in [6.45, 7) is 8.24. The molecular formula is C26H33F2N7. The zero-order valence-electron chi connectivity index (χ0n) is 20.1. The van der Waals surface area contributed by atoms with Gasteiger partial charge in [0.15, 0.2) is 11.7 Å². The van der Waals surface area contributed by atoms with Crippen molar-refractivity contribution in [3.8, 4) is 11.1 Å². The second-order valence-corrected chi connectivity index (χ2v) is 8.37. The molecule has 0 amide bonds. The van der Waals surface area contributed by atoms with E-state index >= 15 is 0 Å². The summed E-state index contributed by atoms with van der Waals surface area (Å²) in [7, 11) is 0. The summed E-state index contributed by atoms with van der Waals surface area (Å²) >= 11 is 0. The molecule has 1 fully saturated rings. The molecule has 0 spiro atoms. The Hall–Kier alpha value is -3.56. The van der Waals surface area contributed by atoms with Gasteiger partial charge in [-0.05, 0) is 61.7 Å². The van der Waals surface area contributed by atoms with Crippen molar-refractivity contribution in [3.63, 3.8) is 0 Å². The monoisotopic (exact) mass is 481 g/mol. The maximum atomic E-state index is 14.7. The van der Waals surface area contributed by atoms with E-state index in [1.165, 1.54) is 30.9 Å². The quantitative estimate of drug-likeness (QED) is 0.165. The molecule has 186 valence electrons. The van der Waals surface area contributed by atoms with Crippen LogP contribution < -0.4 is 17.4 Å². The minimum Gasteiger partial charge on any atom is -0.383 e. The summed E-state index contributed by atoms with van der Waals surface area (Å²) in [4.78, 5) is 6.70. The normalized spacial score (nSPS) is 16.1. The molecule has 35 heavy (non-hydrogen) atoms. The Kier molecular flexibility index (Phi) is 9.11. The van der Waals surface area contributed by atoms with Crippen LogP contribution in [0.3, 0.4) is 0 Å². The summed E-state index contributed by atoms with van der Waals surface area (Å²) in [5.41, 5.74) is 8.61. The van der Waals surface area contributed by atoms with Gasteiger partial charge in [0.05, 0.1) is 5.56 Å². The summed E-state index contributed by atoms with van der Waals surface area (Å²) in [6, 6.07) is 9.86. The van der Waals surface area contributed by atoms with E-state index in [1.54, 1.807) is 19.2 Å². The standard InChI is InChI=1S/C26H33F2N7/c1-3-8-23(28)24(22(27)4-2)35(31)26(33-30)21-15-20(16-32-25(21)29)19-11-9-18(10-12-19)17-34-13-6-5-7-14-34/h4,8-12,15-16H,2-3,5-7,13-14,17,30-31H2,1H3,(H2,29,32)/b23-8+,24-22-,33-26-. The van der Waals surface area contributed by atoms with Crippen molar-refractivity contribution in [2.75, 3.05) is 18.8 Å². The van der Waals surface area contributed by atoms with Crippen molar-refractivity contribution in [2.24, 2.45) is 16.8 Å². The van der Waals surface area contributed by atoms with E-state index in [1.807, 2.05) is 12.1 Å². The Morgan fingerprint density at radius 2 is 1.86 bits per heavy atom. The highest BCUT2D eigenvalue weighted by Gasteiger charge is 2.24. The zero-order chi connectivity index (χ0) is 25.4. The Balaban J connectivity index is 1.91. The third-order valence-corrected chi connectivity index (χ3v) is 5.91. The maximum absolute atomic E-state index is 14.7. The van der Waals surface area contributed by atoms with Crippen LogP contribution in [0.5, 0.6) is 0 Å². The number of aromatic nitrogens is 1. The topological polar surface area (TPSA) is 110 Å². The van der Waals surface area contributed by atoms with Crippen LogP contribution >= 0.6 is 0 Å². The fourth-order valence-electron chi connectivity index (χ4n) is 4.07. The summed E-state index contributed by atoms with van der Waals surface area (Å²) in [5, 5.41) is 4.40. The molecule has 0 unspecified atom stereocenters. The second kappa shape index (κ2) is 12.2. The van der Waals surface area contributed by atoms with Gasteiger partial charge in [-0.2, -0.15) is 5.10 Å². The van der Waals surface area contributed by atoms with Crippen molar-refractivity contribution in [3.05, 3.63) is 83.7 Å². The highest BCUT2D eigenvalue weighted by molar-refractivity contribution is 6.04. The van der Waals surface area contributed by atoms with Gasteiger partial charge in [0.1, 0.15) is 17.3 Å². The molecule has 2 aromatic rings. The van der Waals surface area contributed by atoms with Crippen LogP contribution in [0.1, 0.15) is 43.7 Å². The van der Waals surface area contributed by atoms with E-state index in [4.69, 9.17) is 17.4 Å². The van der Waals surface area contributed by atoms with Gasteiger partial charge in [0, 0.05) is 18.3 Å². The van der Waals surface area contributed by atoms with Crippen LogP contribution in [-0.2, 0) is 6.54 Å². The van der Waals surface area contributed by atoms with Crippen molar-refractivity contribution in [1.29, 1.82) is 0 Å². The van der Waals surface area contributed by atoms with E-state index in [9.17, 15) is 8.78 Å². The van der Waals surface area contributed by atoms with Gasteiger partial charge in [-0.3, -0.25) is 9.91 Å². The van der Waals surface area contributed by atoms with Gasteiger partial charge >= 0.3 is 0 Å². The number of nitrogens with zero attached hydrogens (tertiary/aromatic N) is 4. The predicted octanol–water partition coefficient (Wildman–Crippen LogP) is 4.74. The molecule has 3 rings (SSSR count). The van der Waals surface area contributed by atoms with Crippen molar-refractivity contribution in [2.45, 2.75) is 39.2 Å². The molecule has 7 nitrogen and oxygen atoms in total. The first-order valence-corrected chi connectivity index (χ1v) is 11.7. The van der Waals surface area contributed by atoms with E-state index in [-0.39, 0.29) is 17.2 Å². The minimum absolute atomic E-state index is 0.0633. The number of anilines is 1. The minimum atomic E-state index is -0.970. The average Bonchev–Trinajstić information content (AvgIpc) is 2.87. The summed E-state index contributed by atoms with van der Waals surface area (Å²) in [6.07, 6.45) is 7.78. The first kappa shape index (κ1) is 26.1. The predicted molar refractivity (Wildman–Crippen MR) is 138 cm³/mol. The molecule has 9 heteroatoms. The number of halogens is 2. The van der Waals surface area contributed by atoms with Crippen molar-refractivity contribution < 1.29 is 8.78 Å². The lowest BCUT2D eigenvalue weighted by Crippen LogP contribution is -2.39. The third kappa shape index (κ3) is 6.32. The summed E-state index contributed by atoms with van der Waals surface area (Å²) in [5.74, 6) is 9.75. The number of hydrogen-bond acceptors (Lipinski definition) is 6. The van der Waals surface area contributed by atoms with Gasteiger partial charge < -0.3 is 11.6 Å². The lowest BCUT2D eigenvalue weighted by Gasteiger charge is -2.26. The number of benzene rings is 1. The summed E-state index contributed by atoms with van der Waals surface area (Å²) < 4.78 is 29.2. The van der Waals surface area contributed by atoms with Gasteiger partial charge in [-0.25, -0.2) is 19.6 Å². The molecule has 1 aliphatic rings. The molecule has 0 aliphatic carbocycles. The maximum Gasteiger partial charge on any atom is 0.178 e. The van der Waals surface area contributed by atoms with E-state index in [2.05, 4.69) is 33.7 Å². The fourth-order valence-corrected chi connectivity index (χ4v) is 4.07. The lowest BCUT2D eigenvalue weighted by atomic mass is 10.0. The van der Waals surface area contributed by atoms with E-state index in [0.717, 1.165) is 41.8 Å². The van der Waals surface area contributed by atoms with Gasteiger partial charge in [0.25, 0.3) is 0 Å². The number of nitrogens with two attached hydrogens (primary N) is 3. The molecular weight excluding hydrogens is 448 g/mol. The number of likely N-dealkylation sites (tertiary alicyclic amines) is 1. The van der Waals surface area contributed by atoms with Crippen LogP contribution in [0.4, 0.5) is 14.6 Å². The van der Waals surface area contributed by atoms with E-state index < -0.39 is 17.4 Å². The van der Waals surface area contributed by atoms with Crippen LogP contribution in [0, 0.1) is 0 Å². The molecule has 0 radical (unpaired) electrons. The highest BCUT2D eigenvalue weighted by atomic mass is 19.1. The van der Waals surface area contributed by atoms with Gasteiger partial charge in [-0.1, -0.05) is 44.2 Å². The van der Waals surface area contributed by atoms with Crippen molar-refractivity contribution in [1.82, 2.24) is 14.9 Å². The Morgan fingerprint density at radius 3 is 2.46 bits per heavy atom. The zero-order valence-corrected chi connectivity index (χ0v) is 20.1. The smallest absolute Gasteiger partial charge is 0.178 e. The van der Waals surface area contributed by atoms with Gasteiger partial charge in [-0.15, -0.1) is 0 Å². The average molecular weight is 482 g/mol.